The molecule has 4 rings (SSSR count). The lowest BCUT2D eigenvalue weighted by Gasteiger charge is -2.28. The Morgan fingerprint density at radius 3 is 2.48 bits per heavy atom. The van der Waals surface area contributed by atoms with E-state index in [0.29, 0.717) is 27.6 Å². The number of carbonyl (C=O) groups is 1. The Hall–Kier alpha value is -3.31. The van der Waals surface area contributed by atoms with Crippen molar-refractivity contribution in [2.45, 2.75) is 39.4 Å². The first-order chi connectivity index (χ1) is 14.7. The third kappa shape index (κ3) is 3.89. The zero-order chi connectivity index (χ0) is 22.3. The van der Waals surface area contributed by atoms with E-state index in [1.54, 1.807) is 24.4 Å². The molecule has 0 radical (unpaired) electrons. The number of hydrogen-bond donors (Lipinski definition) is 1. The number of ether oxygens (including phenoxy) is 1. The smallest absolute Gasteiger partial charge is 0.337 e. The maximum absolute atomic E-state index is 14.5. The van der Waals surface area contributed by atoms with Gasteiger partial charge in [0.25, 0.3) is 0 Å². The molecule has 1 atom stereocenters. The van der Waals surface area contributed by atoms with E-state index < -0.39 is 17.7 Å². The number of carboxylic acid groups (broad SMARTS) is 1. The molecule has 0 aliphatic carbocycles. The Labute approximate surface area is 180 Å². The fraction of sp³-hybridized carbons (Fsp3) is 0.231. The van der Waals surface area contributed by atoms with Gasteiger partial charge in [-0.05, 0) is 73.9 Å². The van der Waals surface area contributed by atoms with Crippen LogP contribution in [0.25, 0.3) is 32.8 Å². The Balaban J connectivity index is 2.15. The van der Waals surface area contributed by atoms with Crippen LogP contribution in [-0.4, -0.2) is 21.7 Å². The van der Waals surface area contributed by atoms with E-state index in [2.05, 4.69) is 4.98 Å². The number of nitrogens with zero attached hydrogens (tertiary/aromatic N) is 1. The number of benzene rings is 3. The van der Waals surface area contributed by atoms with Crippen LogP contribution in [0.2, 0.25) is 0 Å². The number of rotatable bonds is 4. The number of aryl methyl sites for hydroxylation is 1. The maximum Gasteiger partial charge on any atom is 0.337 e. The predicted octanol–water partition coefficient (Wildman–Crippen LogP) is 6.44. The second-order valence-electron chi connectivity index (χ2n) is 8.65. The summed E-state index contributed by atoms with van der Waals surface area (Å²) < 4.78 is 20.5. The molecule has 0 aliphatic rings. The standard InChI is InChI=1S/C26H24FNO3/c1-15-14-16-8-5-6-9-17(16)22(21(15)24(25(29)30)31-26(2,3)4)19-11-12-20(27)18-10-7-13-28-23(18)19/h5-14,24H,1-4H3,(H,29,30). The third-order valence-corrected chi connectivity index (χ3v) is 5.24. The molecule has 0 bridgehead atoms. The molecular weight excluding hydrogens is 393 g/mol. The summed E-state index contributed by atoms with van der Waals surface area (Å²) in [5, 5.41) is 12.3. The molecule has 4 aromatic rings. The molecule has 0 spiro atoms. The van der Waals surface area contributed by atoms with Crippen LogP contribution in [0.5, 0.6) is 0 Å². The number of fused-ring (bicyclic) bond motifs is 2. The zero-order valence-corrected chi connectivity index (χ0v) is 17.9. The van der Waals surface area contributed by atoms with Crippen molar-refractivity contribution in [3.63, 3.8) is 0 Å². The largest absolute Gasteiger partial charge is 0.479 e. The van der Waals surface area contributed by atoms with Gasteiger partial charge in [0.1, 0.15) is 5.82 Å². The molecule has 0 saturated carbocycles. The minimum Gasteiger partial charge on any atom is -0.479 e. The van der Waals surface area contributed by atoms with Gasteiger partial charge in [-0.25, -0.2) is 9.18 Å². The van der Waals surface area contributed by atoms with E-state index in [1.165, 1.54) is 6.07 Å². The molecule has 1 heterocycles. The molecule has 3 aromatic carbocycles. The molecule has 0 saturated heterocycles. The SMILES string of the molecule is Cc1cc2ccccc2c(-c2ccc(F)c3cccnc23)c1C(OC(C)(C)C)C(=O)O. The van der Waals surface area contributed by atoms with Gasteiger partial charge in [-0.15, -0.1) is 0 Å². The van der Waals surface area contributed by atoms with Gasteiger partial charge in [0.15, 0.2) is 6.10 Å². The second kappa shape index (κ2) is 7.75. The fourth-order valence-electron chi connectivity index (χ4n) is 4.06. The number of pyridine rings is 1. The van der Waals surface area contributed by atoms with E-state index in [0.717, 1.165) is 16.3 Å². The van der Waals surface area contributed by atoms with Crippen molar-refractivity contribution in [1.82, 2.24) is 4.98 Å². The van der Waals surface area contributed by atoms with Crippen LogP contribution >= 0.6 is 0 Å². The highest BCUT2D eigenvalue weighted by atomic mass is 19.1. The molecule has 1 N–H and O–H groups in total. The molecule has 0 amide bonds. The van der Waals surface area contributed by atoms with Gasteiger partial charge in [0.2, 0.25) is 0 Å². The third-order valence-electron chi connectivity index (χ3n) is 5.24. The summed E-state index contributed by atoms with van der Waals surface area (Å²) in [6.45, 7) is 7.36. The molecule has 4 nitrogen and oxygen atoms in total. The van der Waals surface area contributed by atoms with E-state index >= 15 is 0 Å². The summed E-state index contributed by atoms with van der Waals surface area (Å²) in [5.74, 6) is -1.44. The van der Waals surface area contributed by atoms with Crippen LogP contribution in [-0.2, 0) is 9.53 Å². The fourth-order valence-corrected chi connectivity index (χ4v) is 4.06. The highest BCUT2D eigenvalue weighted by molar-refractivity contribution is 6.07. The highest BCUT2D eigenvalue weighted by Gasteiger charge is 2.32. The van der Waals surface area contributed by atoms with Gasteiger partial charge in [0, 0.05) is 22.7 Å². The zero-order valence-electron chi connectivity index (χ0n) is 17.9. The van der Waals surface area contributed by atoms with Crippen LogP contribution in [0.3, 0.4) is 0 Å². The average Bonchev–Trinajstić information content (AvgIpc) is 2.71. The molecule has 31 heavy (non-hydrogen) atoms. The lowest BCUT2D eigenvalue weighted by atomic mass is 9.86. The number of halogens is 1. The monoisotopic (exact) mass is 417 g/mol. The van der Waals surface area contributed by atoms with Gasteiger partial charge < -0.3 is 9.84 Å². The minimum absolute atomic E-state index is 0.369. The highest BCUT2D eigenvalue weighted by Crippen LogP contribution is 2.42. The van der Waals surface area contributed by atoms with Crippen molar-refractivity contribution < 1.29 is 19.0 Å². The van der Waals surface area contributed by atoms with Crippen molar-refractivity contribution in [1.29, 1.82) is 0 Å². The summed E-state index contributed by atoms with van der Waals surface area (Å²) in [5.41, 5.74) is 2.53. The molecule has 0 fully saturated rings. The summed E-state index contributed by atoms with van der Waals surface area (Å²) in [6, 6.07) is 16.2. The maximum atomic E-state index is 14.5. The topological polar surface area (TPSA) is 59.4 Å². The average molecular weight is 417 g/mol. The first-order valence-electron chi connectivity index (χ1n) is 10.1. The van der Waals surface area contributed by atoms with E-state index in [-0.39, 0.29) is 5.82 Å². The minimum atomic E-state index is -1.19. The lowest BCUT2D eigenvalue weighted by Crippen LogP contribution is -2.28. The Bertz CT molecular complexity index is 1310. The Morgan fingerprint density at radius 1 is 1.06 bits per heavy atom. The van der Waals surface area contributed by atoms with Crippen molar-refractivity contribution >= 4 is 27.6 Å². The normalized spacial score (nSPS) is 12.9. The van der Waals surface area contributed by atoms with E-state index in [1.807, 2.05) is 58.0 Å². The molecule has 0 aliphatic heterocycles. The van der Waals surface area contributed by atoms with Crippen molar-refractivity contribution in [3.8, 4) is 11.1 Å². The van der Waals surface area contributed by atoms with Crippen LogP contribution in [0, 0.1) is 12.7 Å². The first-order valence-corrected chi connectivity index (χ1v) is 10.1. The Kier molecular flexibility index (Phi) is 5.23. The van der Waals surface area contributed by atoms with E-state index in [9.17, 15) is 14.3 Å². The van der Waals surface area contributed by atoms with Gasteiger partial charge in [-0.1, -0.05) is 30.3 Å². The summed E-state index contributed by atoms with van der Waals surface area (Å²) in [6.07, 6.45) is 0.423. The van der Waals surface area contributed by atoms with Crippen LogP contribution in [0.1, 0.15) is 38.0 Å². The number of aromatic nitrogens is 1. The summed E-state index contributed by atoms with van der Waals surface area (Å²) in [4.78, 5) is 16.8. The van der Waals surface area contributed by atoms with Crippen molar-refractivity contribution in [2.75, 3.05) is 0 Å². The molecule has 1 aromatic heterocycles. The number of carboxylic acids is 1. The number of aliphatic carboxylic acids is 1. The van der Waals surface area contributed by atoms with Crippen molar-refractivity contribution in [2.24, 2.45) is 0 Å². The van der Waals surface area contributed by atoms with Gasteiger partial charge in [-0.2, -0.15) is 0 Å². The van der Waals surface area contributed by atoms with Gasteiger partial charge in [0.05, 0.1) is 11.1 Å². The Morgan fingerprint density at radius 2 is 1.77 bits per heavy atom. The van der Waals surface area contributed by atoms with Gasteiger partial charge in [-0.3, -0.25) is 4.98 Å². The first kappa shape index (κ1) is 20.9. The summed E-state index contributed by atoms with van der Waals surface area (Å²) >= 11 is 0. The second-order valence-corrected chi connectivity index (χ2v) is 8.65. The van der Waals surface area contributed by atoms with Crippen LogP contribution < -0.4 is 0 Å². The molecule has 158 valence electrons. The molecule has 5 heteroatoms. The van der Waals surface area contributed by atoms with Crippen molar-refractivity contribution in [3.05, 3.63) is 77.7 Å². The molecule has 1 unspecified atom stereocenters. The number of hydrogen-bond acceptors (Lipinski definition) is 3. The summed E-state index contributed by atoms with van der Waals surface area (Å²) in [7, 11) is 0. The van der Waals surface area contributed by atoms with Gasteiger partial charge >= 0.3 is 5.97 Å². The van der Waals surface area contributed by atoms with E-state index in [4.69, 9.17) is 4.74 Å². The van der Waals surface area contributed by atoms with Crippen LogP contribution in [0.15, 0.2) is 60.8 Å². The predicted molar refractivity (Wildman–Crippen MR) is 121 cm³/mol. The van der Waals surface area contributed by atoms with Crippen LogP contribution in [0.4, 0.5) is 4.39 Å². The molecular formula is C26H24FNO3. The lowest BCUT2D eigenvalue weighted by molar-refractivity contribution is -0.160. The quantitative estimate of drug-likeness (QED) is 0.415.